The van der Waals surface area contributed by atoms with Crippen LogP contribution >= 0.6 is 0 Å². The maximum Gasteiger partial charge on any atom is 0.0940 e. The van der Waals surface area contributed by atoms with Gasteiger partial charge in [-0.1, -0.05) is 27.2 Å². The molecule has 2 heteroatoms. The van der Waals surface area contributed by atoms with Crippen molar-refractivity contribution < 1.29 is 18.1 Å². The summed E-state index contributed by atoms with van der Waals surface area (Å²) >= 11 is 0. The number of quaternary nitrogens is 1. The Bertz CT molecular complexity index is 69.7. The summed E-state index contributed by atoms with van der Waals surface area (Å²) in [6, 6.07) is 0. The van der Waals surface area contributed by atoms with E-state index in [-0.39, 0.29) is 12.4 Å². The summed E-state index contributed by atoms with van der Waals surface area (Å²) in [5, 5.41) is 0. The van der Waals surface area contributed by atoms with Crippen LogP contribution in [0.5, 0.6) is 0 Å². The zero-order valence-corrected chi connectivity index (χ0v) is 8.17. The van der Waals surface area contributed by atoms with Crippen LogP contribution in [0.3, 0.4) is 0 Å². The van der Waals surface area contributed by atoms with Gasteiger partial charge in [-0.2, -0.15) is 0 Å². The molecule has 0 aliphatic carbocycles. The van der Waals surface area contributed by atoms with Crippen molar-refractivity contribution in [2.24, 2.45) is 0 Å². The smallest absolute Gasteiger partial charge is 0.0940 e. The molecule has 0 spiro atoms. The molecule has 3 N–H and O–H groups in total. The predicted octanol–water partition coefficient (Wildman–Crippen LogP) is -1.41. The molecule has 0 bridgehead atoms. The van der Waals surface area contributed by atoms with E-state index in [1.165, 1.54) is 25.7 Å². The van der Waals surface area contributed by atoms with Crippen LogP contribution < -0.4 is 18.1 Å². The van der Waals surface area contributed by atoms with Gasteiger partial charge in [0.15, 0.2) is 0 Å². The maximum absolute atomic E-state index is 4.20. The van der Waals surface area contributed by atoms with E-state index in [4.69, 9.17) is 0 Å². The van der Waals surface area contributed by atoms with Crippen molar-refractivity contribution in [2.45, 2.75) is 52.0 Å². The second kappa shape index (κ2) is 5.99. The average Bonchev–Trinajstić information content (AvgIpc) is 1.89. The number of rotatable bonds is 4. The average molecular weight is 166 g/mol. The highest BCUT2D eigenvalue weighted by Crippen LogP contribution is 2.14. The van der Waals surface area contributed by atoms with E-state index in [1.54, 1.807) is 0 Å². The third kappa shape index (κ3) is 4.13. The topological polar surface area (TPSA) is 27.6 Å². The summed E-state index contributed by atoms with van der Waals surface area (Å²) in [5.74, 6) is 0. The van der Waals surface area contributed by atoms with E-state index in [0.29, 0.717) is 5.54 Å². The normalized spacial score (nSPS) is 10.8. The van der Waals surface area contributed by atoms with Gasteiger partial charge < -0.3 is 18.1 Å². The molecule has 0 fully saturated rings. The highest BCUT2D eigenvalue weighted by molar-refractivity contribution is 4.71. The van der Waals surface area contributed by atoms with E-state index in [1.807, 2.05) is 0 Å². The lowest BCUT2D eigenvalue weighted by atomic mass is 9.89. The zero-order chi connectivity index (χ0) is 7.33. The van der Waals surface area contributed by atoms with Gasteiger partial charge in [-0.25, -0.2) is 0 Å². The molecule has 0 aromatic carbocycles. The van der Waals surface area contributed by atoms with Gasteiger partial charge in [0.1, 0.15) is 0 Å². The van der Waals surface area contributed by atoms with Crippen LogP contribution in [0.4, 0.5) is 0 Å². The Labute approximate surface area is 70.8 Å². The molecular weight excluding hydrogens is 146 g/mol. The van der Waals surface area contributed by atoms with Gasteiger partial charge in [0.05, 0.1) is 5.54 Å². The molecule has 0 unspecified atom stereocenters. The second-order valence-electron chi connectivity index (χ2n) is 2.96. The van der Waals surface area contributed by atoms with Crippen molar-refractivity contribution in [1.29, 1.82) is 0 Å². The molecule has 0 rings (SSSR count). The molecule has 0 aliphatic heterocycles. The Balaban J connectivity index is 0. The first kappa shape index (κ1) is 12.9. The fourth-order valence-electron chi connectivity index (χ4n) is 1.13. The van der Waals surface area contributed by atoms with E-state index in [9.17, 15) is 0 Å². The Kier molecular flexibility index (Phi) is 7.72. The summed E-state index contributed by atoms with van der Waals surface area (Å²) < 4.78 is 0. The molecule has 0 aromatic heterocycles. The van der Waals surface area contributed by atoms with Crippen molar-refractivity contribution in [3.8, 4) is 0 Å². The molecule has 64 valence electrons. The molecule has 0 atom stereocenters. The molecule has 0 saturated heterocycles. The lowest BCUT2D eigenvalue weighted by Crippen LogP contribution is -3.00. The fraction of sp³-hybridized carbons (Fsp3) is 1.00. The van der Waals surface area contributed by atoms with Gasteiger partial charge in [-0.05, 0) is 12.8 Å². The predicted molar refractivity (Wildman–Crippen MR) is 41.1 cm³/mol. The quantitative estimate of drug-likeness (QED) is 0.531. The maximum atomic E-state index is 4.20. The first-order valence-electron chi connectivity index (χ1n) is 4.04. The van der Waals surface area contributed by atoms with Gasteiger partial charge >= 0.3 is 0 Å². The molecule has 0 amide bonds. The monoisotopic (exact) mass is 165 g/mol. The highest BCUT2D eigenvalue weighted by atomic mass is 35.5. The lowest BCUT2D eigenvalue weighted by molar-refractivity contribution is -0.481. The Morgan fingerprint density at radius 3 is 1.60 bits per heavy atom. The lowest BCUT2D eigenvalue weighted by Gasteiger charge is -2.21. The Hall–Kier alpha value is 0.250. The number of halogens is 1. The van der Waals surface area contributed by atoms with Crippen LogP contribution in [0, 0.1) is 0 Å². The molecule has 0 radical (unpaired) electrons. The third-order valence-corrected chi connectivity index (χ3v) is 2.28. The van der Waals surface area contributed by atoms with Crippen LogP contribution in [0.15, 0.2) is 0 Å². The summed E-state index contributed by atoms with van der Waals surface area (Å²) in [6.45, 7) is 6.68. The zero-order valence-electron chi connectivity index (χ0n) is 7.41. The van der Waals surface area contributed by atoms with Gasteiger partial charge in [0, 0.05) is 6.42 Å². The van der Waals surface area contributed by atoms with Gasteiger partial charge in [0.2, 0.25) is 0 Å². The number of hydrogen-bond donors (Lipinski definition) is 1. The third-order valence-electron chi connectivity index (χ3n) is 2.28. The highest BCUT2D eigenvalue weighted by Gasteiger charge is 2.22. The van der Waals surface area contributed by atoms with E-state index >= 15 is 0 Å². The van der Waals surface area contributed by atoms with Gasteiger partial charge in [0.25, 0.3) is 0 Å². The summed E-state index contributed by atoms with van der Waals surface area (Å²) in [5.41, 5.74) is 4.58. The fourth-order valence-corrected chi connectivity index (χ4v) is 1.13. The molecule has 0 aliphatic rings. The Morgan fingerprint density at radius 2 is 1.50 bits per heavy atom. The molecule has 0 saturated carbocycles. The molecular formula is C8H20ClN. The summed E-state index contributed by atoms with van der Waals surface area (Å²) in [4.78, 5) is 0. The van der Waals surface area contributed by atoms with Crippen molar-refractivity contribution in [3.05, 3.63) is 0 Å². The number of hydrogen-bond acceptors (Lipinski definition) is 0. The van der Waals surface area contributed by atoms with Gasteiger partial charge in [-0.3, -0.25) is 0 Å². The van der Waals surface area contributed by atoms with Crippen molar-refractivity contribution in [2.75, 3.05) is 0 Å². The van der Waals surface area contributed by atoms with Crippen LogP contribution in [-0.4, -0.2) is 5.54 Å². The molecule has 0 aromatic rings. The standard InChI is InChI=1S/C8H19N.ClH/c1-4-7-8(9,5-2)6-3;/h4-7,9H2,1-3H3;1H. The van der Waals surface area contributed by atoms with Crippen molar-refractivity contribution in [3.63, 3.8) is 0 Å². The molecule has 0 heterocycles. The van der Waals surface area contributed by atoms with E-state index in [0.717, 1.165) is 0 Å². The second-order valence-corrected chi connectivity index (χ2v) is 2.96. The Morgan fingerprint density at radius 1 is 1.10 bits per heavy atom. The minimum atomic E-state index is 0. The minimum Gasteiger partial charge on any atom is -1.00 e. The van der Waals surface area contributed by atoms with Gasteiger partial charge in [-0.15, -0.1) is 0 Å². The van der Waals surface area contributed by atoms with E-state index < -0.39 is 0 Å². The largest absolute Gasteiger partial charge is 1.00 e. The summed E-state index contributed by atoms with van der Waals surface area (Å²) in [7, 11) is 0. The van der Waals surface area contributed by atoms with Crippen molar-refractivity contribution in [1.82, 2.24) is 0 Å². The van der Waals surface area contributed by atoms with Crippen LogP contribution in [-0.2, 0) is 0 Å². The SMILES string of the molecule is CCCC([NH3+])(CC)CC.[Cl-]. The molecule has 10 heavy (non-hydrogen) atoms. The van der Waals surface area contributed by atoms with Crippen LogP contribution in [0.2, 0.25) is 0 Å². The van der Waals surface area contributed by atoms with Crippen LogP contribution in [0.25, 0.3) is 0 Å². The minimum absolute atomic E-state index is 0. The van der Waals surface area contributed by atoms with E-state index in [2.05, 4.69) is 26.5 Å². The van der Waals surface area contributed by atoms with Crippen LogP contribution in [0.1, 0.15) is 46.5 Å². The first-order chi connectivity index (χ1) is 4.18. The molecule has 1 nitrogen and oxygen atoms in total. The first-order valence-corrected chi connectivity index (χ1v) is 4.04. The summed E-state index contributed by atoms with van der Waals surface area (Å²) in [6.07, 6.45) is 4.99. The van der Waals surface area contributed by atoms with Crippen molar-refractivity contribution >= 4 is 0 Å².